The molecule has 0 unspecified atom stereocenters. The summed E-state index contributed by atoms with van der Waals surface area (Å²) in [5.74, 6) is 1.31. The molecule has 0 radical (unpaired) electrons. The number of methoxy groups -OCH3 is 1. The van der Waals surface area contributed by atoms with E-state index in [9.17, 15) is 4.79 Å². The van der Waals surface area contributed by atoms with Gasteiger partial charge in [0.15, 0.2) is 0 Å². The molecule has 3 nitrogen and oxygen atoms in total. The van der Waals surface area contributed by atoms with E-state index in [1.807, 2.05) is 24.3 Å². The van der Waals surface area contributed by atoms with Crippen LogP contribution < -0.4 is 4.74 Å². The summed E-state index contributed by atoms with van der Waals surface area (Å²) in [5, 5.41) is 0. The Hall–Kier alpha value is -1.94. The molecule has 0 saturated carbocycles. The second-order valence-electron chi connectivity index (χ2n) is 4.92. The molecule has 2 rings (SSSR count). The summed E-state index contributed by atoms with van der Waals surface area (Å²) in [4.78, 5) is 12.9. The molecule has 4 heteroatoms. The molecule has 0 bridgehead atoms. The van der Waals surface area contributed by atoms with Crippen molar-refractivity contribution in [2.45, 2.75) is 24.8 Å². The summed E-state index contributed by atoms with van der Waals surface area (Å²) >= 11 is 1.66. The highest BCUT2D eigenvalue weighted by Gasteiger charge is 2.05. The average molecular weight is 316 g/mol. The maximum Gasteiger partial charge on any atom is 0.306 e. The quantitative estimate of drug-likeness (QED) is 0.566. The van der Waals surface area contributed by atoms with Crippen molar-refractivity contribution in [3.8, 4) is 5.75 Å². The molecule has 0 spiro atoms. The Bertz CT molecular complexity index is 608. The highest BCUT2D eigenvalue weighted by molar-refractivity contribution is 7.99. The van der Waals surface area contributed by atoms with Gasteiger partial charge in [-0.2, -0.15) is 0 Å². The lowest BCUT2D eigenvalue weighted by Crippen LogP contribution is -2.05. The first-order valence-corrected chi connectivity index (χ1v) is 8.14. The minimum atomic E-state index is -0.178. The number of hydrogen-bond donors (Lipinski definition) is 0. The van der Waals surface area contributed by atoms with Crippen molar-refractivity contribution in [1.82, 2.24) is 0 Å². The first-order valence-electron chi connectivity index (χ1n) is 7.15. The van der Waals surface area contributed by atoms with Crippen LogP contribution in [0.3, 0.4) is 0 Å². The minimum absolute atomic E-state index is 0.178. The second kappa shape index (κ2) is 8.49. The third-order valence-electron chi connectivity index (χ3n) is 3.13. The van der Waals surface area contributed by atoms with E-state index < -0.39 is 0 Å². The SMILES string of the molecule is COc1cccc(COC(=O)CCSc2ccc(C)cc2)c1. The molecule has 0 heterocycles. The van der Waals surface area contributed by atoms with Gasteiger partial charge in [0.1, 0.15) is 12.4 Å². The number of carbonyl (C=O) groups is 1. The van der Waals surface area contributed by atoms with Crippen LogP contribution in [-0.4, -0.2) is 18.8 Å². The summed E-state index contributed by atoms with van der Waals surface area (Å²) in [7, 11) is 1.62. The number of carbonyl (C=O) groups excluding carboxylic acids is 1. The molecule has 116 valence electrons. The van der Waals surface area contributed by atoms with Gasteiger partial charge >= 0.3 is 5.97 Å². The van der Waals surface area contributed by atoms with Gasteiger partial charge in [-0.3, -0.25) is 4.79 Å². The second-order valence-corrected chi connectivity index (χ2v) is 6.09. The van der Waals surface area contributed by atoms with Crippen LogP contribution in [0.5, 0.6) is 5.75 Å². The predicted octanol–water partition coefficient (Wildman–Crippen LogP) is 4.23. The van der Waals surface area contributed by atoms with E-state index in [-0.39, 0.29) is 12.6 Å². The zero-order valence-corrected chi connectivity index (χ0v) is 13.7. The van der Waals surface area contributed by atoms with Crippen molar-refractivity contribution in [3.05, 3.63) is 59.7 Å². The van der Waals surface area contributed by atoms with E-state index in [0.717, 1.165) is 17.1 Å². The summed E-state index contributed by atoms with van der Waals surface area (Å²) in [5.41, 5.74) is 2.17. The lowest BCUT2D eigenvalue weighted by Gasteiger charge is -2.06. The van der Waals surface area contributed by atoms with E-state index in [4.69, 9.17) is 9.47 Å². The highest BCUT2D eigenvalue weighted by Crippen LogP contribution is 2.19. The molecule has 0 fully saturated rings. The molecule has 0 aliphatic rings. The summed E-state index contributed by atoms with van der Waals surface area (Å²) < 4.78 is 10.4. The number of rotatable bonds is 7. The summed E-state index contributed by atoms with van der Waals surface area (Å²) in [6.07, 6.45) is 0.405. The normalized spacial score (nSPS) is 10.3. The van der Waals surface area contributed by atoms with E-state index in [1.165, 1.54) is 10.5 Å². The minimum Gasteiger partial charge on any atom is -0.497 e. The predicted molar refractivity (Wildman–Crippen MR) is 89.3 cm³/mol. The van der Waals surface area contributed by atoms with Crippen molar-refractivity contribution in [2.24, 2.45) is 0 Å². The monoisotopic (exact) mass is 316 g/mol. The van der Waals surface area contributed by atoms with Gasteiger partial charge in [-0.25, -0.2) is 0 Å². The Morgan fingerprint density at radius 2 is 1.91 bits per heavy atom. The van der Waals surface area contributed by atoms with Crippen molar-refractivity contribution >= 4 is 17.7 Å². The highest BCUT2D eigenvalue weighted by atomic mass is 32.2. The third kappa shape index (κ3) is 5.45. The molecule has 0 saturated heterocycles. The molecule has 0 aliphatic carbocycles. The fraction of sp³-hybridized carbons (Fsp3) is 0.278. The smallest absolute Gasteiger partial charge is 0.306 e. The van der Waals surface area contributed by atoms with Crippen LogP contribution in [0.25, 0.3) is 0 Å². The van der Waals surface area contributed by atoms with Crippen molar-refractivity contribution in [2.75, 3.05) is 12.9 Å². The number of esters is 1. The molecule has 0 amide bonds. The van der Waals surface area contributed by atoms with Gasteiger partial charge in [0.05, 0.1) is 13.5 Å². The van der Waals surface area contributed by atoms with Crippen molar-refractivity contribution < 1.29 is 14.3 Å². The molecule has 2 aromatic carbocycles. The molecule has 0 atom stereocenters. The van der Waals surface area contributed by atoms with E-state index in [0.29, 0.717) is 6.42 Å². The van der Waals surface area contributed by atoms with Gasteiger partial charge < -0.3 is 9.47 Å². The number of hydrogen-bond acceptors (Lipinski definition) is 4. The maximum atomic E-state index is 11.7. The van der Waals surface area contributed by atoms with Crippen LogP contribution in [0.4, 0.5) is 0 Å². The summed E-state index contributed by atoms with van der Waals surface area (Å²) in [6.45, 7) is 2.34. The summed E-state index contributed by atoms with van der Waals surface area (Å²) in [6, 6.07) is 15.8. The average Bonchev–Trinajstić information content (AvgIpc) is 2.55. The van der Waals surface area contributed by atoms with Gasteiger partial charge in [-0.05, 0) is 36.8 Å². The Labute approximate surface area is 135 Å². The maximum absolute atomic E-state index is 11.7. The molecule has 0 aliphatic heterocycles. The van der Waals surface area contributed by atoms with Gasteiger partial charge in [-0.1, -0.05) is 29.8 Å². The zero-order valence-electron chi connectivity index (χ0n) is 12.9. The largest absolute Gasteiger partial charge is 0.497 e. The lowest BCUT2D eigenvalue weighted by molar-refractivity contribution is -0.144. The van der Waals surface area contributed by atoms with Crippen molar-refractivity contribution in [1.29, 1.82) is 0 Å². The first kappa shape index (κ1) is 16.4. The van der Waals surface area contributed by atoms with Crippen LogP contribution in [-0.2, 0) is 16.1 Å². The molecule has 0 aromatic heterocycles. The van der Waals surface area contributed by atoms with Gasteiger partial charge in [-0.15, -0.1) is 11.8 Å². The van der Waals surface area contributed by atoms with Crippen LogP contribution in [0.15, 0.2) is 53.4 Å². The fourth-order valence-electron chi connectivity index (χ4n) is 1.88. The van der Waals surface area contributed by atoms with Crippen molar-refractivity contribution in [3.63, 3.8) is 0 Å². The Morgan fingerprint density at radius 3 is 2.64 bits per heavy atom. The molecule has 22 heavy (non-hydrogen) atoms. The Morgan fingerprint density at radius 1 is 1.14 bits per heavy atom. The number of ether oxygens (including phenoxy) is 2. The molecular weight excluding hydrogens is 296 g/mol. The molecular formula is C18H20O3S. The number of thioether (sulfide) groups is 1. The number of benzene rings is 2. The van der Waals surface area contributed by atoms with Gasteiger partial charge in [0, 0.05) is 10.6 Å². The Kier molecular flexibility index (Phi) is 6.34. The van der Waals surface area contributed by atoms with E-state index in [1.54, 1.807) is 18.9 Å². The van der Waals surface area contributed by atoms with Crippen LogP contribution in [0, 0.1) is 6.92 Å². The standard InChI is InChI=1S/C18H20O3S/c1-14-6-8-17(9-7-14)22-11-10-18(19)21-13-15-4-3-5-16(12-15)20-2/h3-9,12H,10-11,13H2,1-2H3. The first-order chi connectivity index (χ1) is 10.7. The van der Waals surface area contributed by atoms with Gasteiger partial charge in [0.2, 0.25) is 0 Å². The van der Waals surface area contributed by atoms with Crippen LogP contribution in [0.2, 0.25) is 0 Å². The third-order valence-corrected chi connectivity index (χ3v) is 4.14. The van der Waals surface area contributed by atoms with Crippen LogP contribution >= 0.6 is 11.8 Å². The lowest BCUT2D eigenvalue weighted by atomic mass is 10.2. The Balaban J connectivity index is 1.70. The fourth-order valence-corrected chi connectivity index (χ4v) is 2.72. The number of aryl methyl sites for hydroxylation is 1. The molecule has 0 N–H and O–H groups in total. The van der Waals surface area contributed by atoms with Crippen LogP contribution in [0.1, 0.15) is 17.5 Å². The van der Waals surface area contributed by atoms with Gasteiger partial charge in [0.25, 0.3) is 0 Å². The van der Waals surface area contributed by atoms with E-state index in [2.05, 4.69) is 31.2 Å². The molecule has 2 aromatic rings. The topological polar surface area (TPSA) is 35.5 Å². The van der Waals surface area contributed by atoms with E-state index >= 15 is 0 Å². The zero-order chi connectivity index (χ0) is 15.8.